The van der Waals surface area contributed by atoms with Crippen LogP contribution < -0.4 is 10.6 Å². The van der Waals surface area contributed by atoms with Crippen LogP contribution in [-0.4, -0.2) is 6.03 Å². The number of carbonyl (C=O) groups excluding carboxylic acids is 1. The van der Waals surface area contributed by atoms with Crippen molar-refractivity contribution in [2.45, 2.75) is 12.1 Å². The fourth-order valence-electron chi connectivity index (χ4n) is 2.36. The van der Waals surface area contributed by atoms with Crippen molar-refractivity contribution >= 4 is 6.03 Å². The van der Waals surface area contributed by atoms with Crippen LogP contribution in [0.2, 0.25) is 0 Å². The van der Waals surface area contributed by atoms with Gasteiger partial charge in [-0.2, -0.15) is 0 Å². The van der Waals surface area contributed by atoms with Gasteiger partial charge >= 0.3 is 6.03 Å². The zero-order chi connectivity index (χ0) is 12.4. The normalized spacial score (nSPS) is 22.3. The van der Waals surface area contributed by atoms with E-state index in [1.54, 1.807) is 0 Å². The van der Waals surface area contributed by atoms with Gasteiger partial charge in [0, 0.05) is 0 Å². The molecule has 90 valence electrons. The second-order valence-electron chi connectivity index (χ2n) is 4.39. The molecule has 0 bridgehead atoms. The lowest BCUT2D eigenvalue weighted by Gasteiger charge is -2.19. The number of rotatable bonds is 2. The second-order valence-corrected chi connectivity index (χ2v) is 4.39. The summed E-state index contributed by atoms with van der Waals surface area (Å²) in [6, 6.07) is 19.9. The van der Waals surface area contributed by atoms with Gasteiger partial charge in [0.1, 0.15) is 0 Å². The first kappa shape index (κ1) is 10.8. The van der Waals surface area contributed by atoms with Gasteiger partial charge in [0.25, 0.3) is 0 Å². The van der Waals surface area contributed by atoms with Crippen molar-refractivity contribution in [1.82, 2.24) is 10.6 Å². The highest BCUT2D eigenvalue weighted by Crippen LogP contribution is 2.31. The molecule has 0 radical (unpaired) electrons. The van der Waals surface area contributed by atoms with Gasteiger partial charge in [-0.1, -0.05) is 60.7 Å². The number of carbonyl (C=O) groups is 1. The Morgan fingerprint density at radius 3 is 1.44 bits per heavy atom. The lowest BCUT2D eigenvalue weighted by Crippen LogP contribution is -2.21. The Labute approximate surface area is 106 Å². The maximum absolute atomic E-state index is 11.6. The first-order chi connectivity index (χ1) is 8.84. The summed E-state index contributed by atoms with van der Waals surface area (Å²) in [5, 5.41) is 5.94. The number of hydrogen-bond donors (Lipinski definition) is 2. The van der Waals surface area contributed by atoms with E-state index in [0.717, 1.165) is 11.1 Å². The summed E-state index contributed by atoms with van der Waals surface area (Å²) >= 11 is 0. The third-order valence-electron chi connectivity index (χ3n) is 3.22. The topological polar surface area (TPSA) is 41.1 Å². The van der Waals surface area contributed by atoms with E-state index in [1.807, 2.05) is 60.7 Å². The Kier molecular flexibility index (Phi) is 2.73. The molecular formula is C15H14N2O. The molecule has 0 spiro atoms. The summed E-state index contributed by atoms with van der Waals surface area (Å²) in [5.41, 5.74) is 2.23. The van der Waals surface area contributed by atoms with Crippen molar-refractivity contribution in [3.05, 3.63) is 71.8 Å². The van der Waals surface area contributed by atoms with Crippen LogP contribution >= 0.6 is 0 Å². The van der Waals surface area contributed by atoms with Crippen molar-refractivity contribution in [2.24, 2.45) is 0 Å². The third kappa shape index (κ3) is 1.95. The molecule has 3 nitrogen and oxygen atoms in total. The fourth-order valence-corrected chi connectivity index (χ4v) is 2.36. The van der Waals surface area contributed by atoms with Gasteiger partial charge in [-0.25, -0.2) is 4.79 Å². The van der Waals surface area contributed by atoms with E-state index in [9.17, 15) is 4.79 Å². The number of urea groups is 1. The van der Waals surface area contributed by atoms with Crippen molar-refractivity contribution in [3.63, 3.8) is 0 Å². The van der Waals surface area contributed by atoms with Crippen molar-refractivity contribution < 1.29 is 4.79 Å². The Balaban J connectivity index is 1.96. The molecule has 0 aromatic heterocycles. The fraction of sp³-hybridized carbons (Fsp3) is 0.133. The average molecular weight is 238 g/mol. The van der Waals surface area contributed by atoms with Crippen LogP contribution in [0.4, 0.5) is 4.79 Å². The summed E-state index contributed by atoms with van der Waals surface area (Å²) in [7, 11) is 0. The van der Waals surface area contributed by atoms with Crippen LogP contribution in [-0.2, 0) is 0 Å². The van der Waals surface area contributed by atoms with Crippen LogP contribution in [0.25, 0.3) is 0 Å². The summed E-state index contributed by atoms with van der Waals surface area (Å²) in [6.45, 7) is 0. The third-order valence-corrected chi connectivity index (χ3v) is 3.22. The highest BCUT2D eigenvalue weighted by Gasteiger charge is 2.33. The Bertz CT molecular complexity index is 489. The monoisotopic (exact) mass is 238 g/mol. The summed E-state index contributed by atoms with van der Waals surface area (Å²) in [6.07, 6.45) is 0. The molecule has 2 N–H and O–H groups in total. The molecule has 2 atom stereocenters. The van der Waals surface area contributed by atoms with E-state index in [0.29, 0.717) is 0 Å². The van der Waals surface area contributed by atoms with Crippen LogP contribution in [0.5, 0.6) is 0 Å². The van der Waals surface area contributed by atoms with Crippen LogP contribution in [0.3, 0.4) is 0 Å². The molecule has 3 rings (SSSR count). The molecule has 1 heterocycles. The highest BCUT2D eigenvalue weighted by molar-refractivity contribution is 5.78. The molecule has 3 heteroatoms. The highest BCUT2D eigenvalue weighted by atomic mass is 16.2. The number of hydrogen-bond acceptors (Lipinski definition) is 1. The minimum atomic E-state index is -0.113. The van der Waals surface area contributed by atoms with Gasteiger partial charge < -0.3 is 10.6 Å². The molecule has 1 aliphatic heterocycles. The number of nitrogens with one attached hydrogen (secondary N) is 2. The van der Waals surface area contributed by atoms with Crippen LogP contribution in [0.1, 0.15) is 23.2 Å². The summed E-state index contributed by atoms with van der Waals surface area (Å²) in [4.78, 5) is 11.6. The van der Waals surface area contributed by atoms with Gasteiger partial charge in [0.15, 0.2) is 0 Å². The largest absolute Gasteiger partial charge is 0.329 e. The maximum atomic E-state index is 11.6. The average Bonchev–Trinajstić information content (AvgIpc) is 2.83. The van der Waals surface area contributed by atoms with Gasteiger partial charge in [-0.3, -0.25) is 0 Å². The zero-order valence-electron chi connectivity index (χ0n) is 9.84. The standard InChI is InChI=1S/C15H14N2O/c18-15-16-13(11-7-3-1-4-8-11)14(17-15)12-9-5-2-6-10-12/h1-10,13-14H,(H2,16,17,18). The molecule has 2 aromatic rings. The lowest BCUT2D eigenvalue weighted by molar-refractivity contribution is 0.247. The smallest absolute Gasteiger partial charge is 0.315 e. The predicted molar refractivity (Wildman–Crippen MR) is 70.0 cm³/mol. The molecule has 0 saturated carbocycles. The van der Waals surface area contributed by atoms with Crippen LogP contribution in [0, 0.1) is 0 Å². The van der Waals surface area contributed by atoms with E-state index < -0.39 is 0 Å². The van der Waals surface area contributed by atoms with Crippen molar-refractivity contribution in [3.8, 4) is 0 Å². The molecule has 1 aliphatic rings. The van der Waals surface area contributed by atoms with E-state index in [1.165, 1.54) is 0 Å². The summed E-state index contributed by atoms with van der Waals surface area (Å²) < 4.78 is 0. The number of benzene rings is 2. The van der Waals surface area contributed by atoms with Crippen molar-refractivity contribution in [1.29, 1.82) is 0 Å². The van der Waals surface area contributed by atoms with Gasteiger partial charge in [-0.05, 0) is 11.1 Å². The zero-order valence-corrected chi connectivity index (χ0v) is 9.84. The van der Waals surface area contributed by atoms with E-state index >= 15 is 0 Å². The minimum absolute atomic E-state index is 0.0129. The second kappa shape index (κ2) is 4.53. The first-order valence-corrected chi connectivity index (χ1v) is 6.01. The van der Waals surface area contributed by atoms with E-state index in [-0.39, 0.29) is 18.1 Å². The van der Waals surface area contributed by atoms with Crippen molar-refractivity contribution in [2.75, 3.05) is 0 Å². The Morgan fingerprint density at radius 2 is 1.06 bits per heavy atom. The first-order valence-electron chi connectivity index (χ1n) is 6.01. The predicted octanol–water partition coefficient (Wildman–Crippen LogP) is 2.78. The molecule has 2 aromatic carbocycles. The molecule has 2 amide bonds. The van der Waals surface area contributed by atoms with Crippen LogP contribution in [0.15, 0.2) is 60.7 Å². The number of amides is 2. The quantitative estimate of drug-likeness (QED) is 0.830. The van der Waals surface area contributed by atoms with E-state index in [2.05, 4.69) is 10.6 Å². The summed E-state index contributed by atoms with van der Waals surface area (Å²) in [5.74, 6) is 0. The molecular weight excluding hydrogens is 224 g/mol. The molecule has 0 aliphatic carbocycles. The molecule has 2 unspecified atom stereocenters. The Morgan fingerprint density at radius 1 is 0.667 bits per heavy atom. The van der Waals surface area contributed by atoms with Gasteiger partial charge in [-0.15, -0.1) is 0 Å². The lowest BCUT2D eigenvalue weighted by atomic mass is 9.95. The molecule has 1 fully saturated rings. The van der Waals surface area contributed by atoms with E-state index in [4.69, 9.17) is 0 Å². The molecule has 18 heavy (non-hydrogen) atoms. The van der Waals surface area contributed by atoms with Gasteiger partial charge in [0.05, 0.1) is 12.1 Å². The SMILES string of the molecule is O=C1NC(c2ccccc2)C(c2ccccc2)N1. The molecule has 1 saturated heterocycles. The minimum Gasteiger partial charge on any atom is -0.329 e. The van der Waals surface area contributed by atoms with Gasteiger partial charge in [0.2, 0.25) is 0 Å². The Hall–Kier alpha value is -2.29. The maximum Gasteiger partial charge on any atom is 0.315 e.